The summed E-state index contributed by atoms with van der Waals surface area (Å²) in [5, 5.41) is 2.66. The first-order valence-electron chi connectivity index (χ1n) is 5.82. The number of halogens is 2. The molecule has 3 N–H and O–H groups in total. The maximum atomic E-state index is 12.8. The molecule has 104 valence electrons. The molecule has 20 heavy (non-hydrogen) atoms. The van der Waals surface area contributed by atoms with Crippen LogP contribution >= 0.6 is 15.9 Å². The second-order valence-electron chi connectivity index (χ2n) is 4.20. The smallest absolute Gasteiger partial charge is 0.326 e. The molecule has 2 rings (SSSR count). The van der Waals surface area contributed by atoms with E-state index in [4.69, 9.17) is 5.73 Å². The Kier molecular flexibility index (Phi) is 4.24. The SMILES string of the molecule is CN(C(=O)Nc1ccc(F)cc1)c1ccc(Br)cc1N. The quantitative estimate of drug-likeness (QED) is 0.818. The highest BCUT2D eigenvalue weighted by Crippen LogP contribution is 2.26. The van der Waals surface area contributed by atoms with Crippen molar-refractivity contribution in [2.45, 2.75) is 0 Å². The molecule has 0 saturated carbocycles. The van der Waals surface area contributed by atoms with Crippen molar-refractivity contribution in [3.63, 3.8) is 0 Å². The predicted octanol–water partition coefficient (Wildman–Crippen LogP) is 3.84. The molecular weight excluding hydrogens is 325 g/mol. The minimum atomic E-state index is -0.356. The summed E-state index contributed by atoms with van der Waals surface area (Å²) >= 11 is 3.31. The van der Waals surface area contributed by atoms with E-state index in [2.05, 4.69) is 21.2 Å². The molecule has 0 atom stereocenters. The highest BCUT2D eigenvalue weighted by molar-refractivity contribution is 9.10. The van der Waals surface area contributed by atoms with Crippen LogP contribution in [-0.2, 0) is 0 Å². The van der Waals surface area contributed by atoms with Gasteiger partial charge in [0.2, 0.25) is 0 Å². The van der Waals surface area contributed by atoms with Crippen molar-refractivity contribution in [2.24, 2.45) is 0 Å². The normalized spacial score (nSPS) is 10.2. The van der Waals surface area contributed by atoms with Crippen LogP contribution in [0.3, 0.4) is 0 Å². The number of benzene rings is 2. The van der Waals surface area contributed by atoms with Crippen LogP contribution in [0.2, 0.25) is 0 Å². The molecule has 2 aromatic carbocycles. The first-order valence-corrected chi connectivity index (χ1v) is 6.62. The van der Waals surface area contributed by atoms with Gasteiger partial charge in [-0.15, -0.1) is 0 Å². The molecule has 0 heterocycles. The summed E-state index contributed by atoms with van der Waals surface area (Å²) in [4.78, 5) is 13.5. The van der Waals surface area contributed by atoms with Gasteiger partial charge in [-0.05, 0) is 42.5 Å². The monoisotopic (exact) mass is 337 g/mol. The Morgan fingerprint density at radius 1 is 1.25 bits per heavy atom. The van der Waals surface area contributed by atoms with Crippen LogP contribution in [0.4, 0.5) is 26.2 Å². The van der Waals surface area contributed by atoms with Crippen LogP contribution in [0.5, 0.6) is 0 Å². The Morgan fingerprint density at radius 3 is 2.50 bits per heavy atom. The van der Waals surface area contributed by atoms with Crippen LogP contribution in [-0.4, -0.2) is 13.1 Å². The second kappa shape index (κ2) is 5.92. The molecule has 6 heteroatoms. The van der Waals surface area contributed by atoms with Gasteiger partial charge in [-0.1, -0.05) is 15.9 Å². The fourth-order valence-electron chi connectivity index (χ4n) is 1.68. The Bertz CT molecular complexity index is 631. The van der Waals surface area contributed by atoms with E-state index in [1.807, 2.05) is 0 Å². The average Bonchev–Trinajstić information content (AvgIpc) is 2.40. The lowest BCUT2D eigenvalue weighted by Crippen LogP contribution is -2.31. The minimum absolute atomic E-state index is 0.353. The largest absolute Gasteiger partial charge is 0.397 e. The number of nitrogen functional groups attached to an aromatic ring is 1. The van der Waals surface area contributed by atoms with E-state index in [-0.39, 0.29) is 11.8 Å². The van der Waals surface area contributed by atoms with Gasteiger partial charge in [0.15, 0.2) is 0 Å². The summed E-state index contributed by atoms with van der Waals surface area (Å²) in [6.45, 7) is 0. The molecular formula is C14H13BrFN3O. The highest BCUT2D eigenvalue weighted by atomic mass is 79.9. The molecule has 0 radical (unpaired) electrons. The third kappa shape index (κ3) is 3.27. The topological polar surface area (TPSA) is 58.4 Å². The third-order valence-corrected chi connectivity index (χ3v) is 3.24. The van der Waals surface area contributed by atoms with Crippen LogP contribution in [0.25, 0.3) is 0 Å². The number of urea groups is 1. The van der Waals surface area contributed by atoms with Crippen molar-refractivity contribution in [3.8, 4) is 0 Å². The number of nitrogens with two attached hydrogens (primary N) is 1. The lowest BCUT2D eigenvalue weighted by molar-refractivity contribution is 0.258. The third-order valence-electron chi connectivity index (χ3n) is 2.75. The van der Waals surface area contributed by atoms with Crippen LogP contribution in [0.15, 0.2) is 46.9 Å². The van der Waals surface area contributed by atoms with Crippen molar-refractivity contribution < 1.29 is 9.18 Å². The van der Waals surface area contributed by atoms with Crippen molar-refractivity contribution >= 4 is 39.0 Å². The molecule has 2 amide bonds. The number of anilines is 3. The predicted molar refractivity (Wildman–Crippen MR) is 82.4 cm³/mol. The summed E-state index contributed by atoms with van der Waals surface area (Å²) in [7, 11) is 1.61. The van der Waals surface area contributed by atoms with E-state index in [9.17, 15) is 9.18 Å². The van der Waals surface area contributed by atoms with E-state index < -0.39 is 0 Å². The molecule has 0 fully saturated rings. The Balaban J connectivity index is 2.14. The lowest BCUT2D eigenvalue weighted by Gasteiger charge is -2.20. The minimum Gasteiger partial charge on any atom is -0.397 e. The molecule has 0 aliphatic heterocycles. The maximum absolute atomic E-state index is 12.8. The molecule has 0 aromatic heterocycles. The average molecular weight is 338 g/mol. The summed E-state index contributed by atoms with van der Waals surface area (Å²) < 4.78 is 13.6. The molecule has 0 bridgehead atoms. The van der Waals surface area contributed by atoms with Crippen LogP contribution < -0.4 is 16.0 Å². The Morgan fingerprint density at radius 2 is 1.90 bits per heavy atom. The van der Waals surface area contributed by atoms with E-state index in [1.165, 1.54) is 29.2 Å². The standard InChI is InChI=1S/C14H13BrFN3O/c1-19(13-7-2-9(15)8-12(13)17)14(20)18-11-5-3-10(16)4-6-11/h2-8H,17H2,1H3,(H,18,20). The zero-order valence-corrected chi connectivity index (χ0v) is 12.3. The molecule has 2 aromatic rings. The van der Waals surface area contributed by atoms with Gasteiger partial charge in [0.05, 0.1) is 11.4 Å². The summed E-state index contributed by atoms with van der Waals surface area (Å²) in [6, 6.07) is 10.4. The van der Waals surface area contributed by atoms with Gasteiger partial charge < -0.3 is 11.1 Å². The fraction of sp³-hybridized carbons (Fsp3) is 0.0714. The van der Waals surface area contributed by atoms with Gasteiger partial charge in [-0.3, -0.25) is 4.90 Å². The van der Waals surface area contributed by atoms with Gasteiger partial charge in [0.1, 0.15) is 5.82 Å². The van der Waals surface area contributed by atoms with Crippen molar-refractivity contribution in [1.29, 1.82) is 0 Å². The second-order valence-corrected chi connectivity index (χ2v) is 5.11. The lowest BCUT2D eigenvalue weighted by atomic mass is 10.2. The number of hydrogen-bond donors (Lipinski definition) is 2. The first-order chi connectivity index (χ1) is 9.47. The number of rotatable bonds is 2. The summed E-state index contributed by atoms with van der Waals surface area (Å²) in [5.41, 5.74) is 7.46. The molecule has 0 aliphatic rings. The zero-order chi connectivity index (χ0) is 14.7. The zero-order valence-electron chi connectivity index (χ0n) is 10.7. The van der Waals surface area contributed by atoms with Gasteiger partial charge >= 0.3 is 6.03 Å². The number of carbonyl (C=O) groups is 1. The number of carbonyl (C=O) groups excluding carboxylic acids is 1. The van der Waals surface area contributed by atoms with Crippen LogP contribution in [0, 0.1) is 5.82 Å². The van der Waals surface area contributed by atoms with E-state index in [0.29, 0.717) is 17.1 Å². The van der Waals surface area contributed by atoms with Crippen molar-refractivity contribution in [3.05, 3.63) is 52.8 Å². The van der Waals surface area contributed by atoms with Crippen LogP contribution in [0.1, 0.15) is 0 Å². The molecule has 0 aliphatic carbocycles. The number of nitrogens with zero attached hydrogens (tertiary/aromatic N) is 1. The number of hydrogen-bond acceptors (Lipinski definition) is 2. The molecule has 0 unspecified atom stereocenters. The van der Waals surface area contributed by atoms with Gasteiger partial charge in [0, 0.05) is 17.2 Å². The van der Waals surface area contributed by atoms with Gasteiger partial charge in [-0.2, -0.15) is 0 Å². The van der Waals surface area contributed by atoms with Crippen molar-refractivity contribution in [2.75, 3.05) is 23.0 Å². The van der Waals surface area contributed by atoms with Crippen molar-refractivity contribution in [1.82, 2.24) is 0 Å². The molecule has 0 spiro atoms. The number of nitrogens with one attached hydrogen (secondary N) is 1. The van der Waals surface area contributed by atoms with E-state index in [1.54, 1.807) is 25.2 Å². The Labute approximate surface area is 124 Å². The molecule has 0 saturated heterocycles. The van der Waals surface area contributed by atoms with Gasteiger partial charge in [0.25, 0.3) is 0 Å². The highest BCUT2D eigenvalue weighted by Gasteiger charge is 2.13. The van der Waals surface area contributed by atoms with Gasteiger partial charge in [-0.25, -0.2) is 9.18 Å². The number of amides is 2. The fourth-order valence-corrected chi connectivity index (χ4v) is 2.06. The first kappa shape index (κ1) is 14.3. The van der Waals surface area contributed by atoms with E-state index in [0.717, 1.165) is 4.47 Å². The Hall–Kier alpha value is -2.08. The summed E-state index contributed by atoms with van der Waals surface area (Å²) in [6.07, 6.45) is 0. The molecule has 4 nitrogen and oxygen atoms in total. The maximum Gasteiger partial charge on any atom is 0.326 e. The van der Waals surface area contributed by atoms with E-state index >= 15 is 0 Å². The summed E-state index contributed by atoms with van der Waals surface area (Å²) in [5.74, 6) is -0.353.